The van der Waals surface area contributed by atoms with Crippen LogP contribution in [0.2, 0.25) is 0 Å². The Hall–Kier alpha value is -3.04. The highest BCUT2D eigenvalue weighted by Crippen LogP contribution is 2.50. The maximum Gasteiger partial charge on any atom is 0.115 e. The summed E-state index contributed by atoms with van der Waals surface area (Å²) in [4.78, 5) is 6.41. The average Bonchev–Trinajstić information content (AvgIpc) is 3.16. The van der Waals surface area contributed by atoms with E-state index >= 15 is 0 Å². The van der Waals surface area contributed by atoms with Crippen LogP contribution < -0.4 is 0 Å². The Morgan fingerprint density at radius 3 is 2.72 bits per heavy atom. The van der Waals surface area contributed by atoms with Crippen molar-refractivity contribution in [3.05, 3.63) is 101 Å². The second-order valence-corrected chi connectivity index (χ2v) is 9.83. The minimum Gasteiger partial charge on any atom is -0.508 e. The fraction of sp³-hybridized carbons (Fsp3) is 0.310. The number of aryl methyl sites for hydroxylation is 1. The third-order valence-electron chi connectivity index (χ3n) is 7.97. The van der Waals surface area contributed by atoms with Crippen LogP contribution in [0.25, 0.3) is 10.9 Å². The van der Waals surface area contributed by atoms with Crippen LogP contribution in [0.1, 0.15) is 34.4 Å². The molecule has 1 saturated heterocycles. The second-order valence-electron chi connectivity index (χ2n) is 9.83. The van der Waals surface area contributed by atoms with E-state index in [-0.39, 0.29) is 5.41 Å². The van der Waals surface area contributed by atoms with Crippen molar-refractivity contribution in [2.75, 3.05) is 13.1 Å². The number of piperidine rings is 1. The van der Waals surface area contributed by atoms with Crippen molar-refractivity contribution >= 4 is 10.9 Å². The van der Waals surface area contributed by atoms with E-state index in [9.17, 15) is 5.11 Å². The van der Waals surface area contributed by atoms with Gasteiger partial charge in [0.05, 0.1) is 0 Å². The molecule has 2 atom stereocenters. The molecule has 1 unspecified atom stereocenters. The number of aromatic hydroxyl groups is 1. The average molecular weight is 423 g/mol. The van der Waals surface area contributed by atoms with E-state index in [1.165, 1.54) is 38.9 Å². The molecule has 0 spiro atoms. The number of aromatic amines is 1. The summed E-state index contributed by atoms with van der Waals surface area (Å²) in [7, 11) is 0. The molecule has 2 N–H and O–H groups in total. The summed E-state index contributed by atoms with van der Waals surface area (Å²) in [5.41, 5.74) is 8.28. The summed E-state index contributed by atoms with van der Waals surface area (Å²) < 4.78 is 0. The fourth-order valence-corrected chi connectivity index (χ4v) is 6.41. The number of benzene rings is 3. The van der Waals surface area contributed by atoms with Gasteiger partial charge in [-0.3, -0.25) is 4.90 Å². The molecule has 0 radical (unpaired) electrons. The Kier molecular flexibility index (Phi) is 4.62. The Labute approximate surface area is 189 Å². The summed E-state index contributed by atoms with van der Waals surface area (Å²) in [5.74, 6) is 0.897. The highest BCUT2D eigenvalue weighted by atomic mass is 16.3. The lowest BCUT2D eigenvalue weighted by atomic mass is 9.58. The van der Waals surface area contributed by atoms with Crippen LogP contribution in [0, 0.1) is 12.8 Å². The van der Waals surface area contributed by atoms with Gasteiger partial charge in [0.25, 0.3) is 0 Å². The molecule has 3 nitrogen and oxygen atoms in total. The van der Waals surface area contributed by atoms with Crippen LogP contribution >= 0.6 is 0 Å². The third-order valence-corrected chi connectivity index (χ3v) is 7.97. The van der Waals surface area contributed by atoms with Gasteiger partial charge in [-0.2, -0.15) is 0 Å². The predicted molar refractivity (Wildman–Crippen MR) is 130 cm³/mol. The first-order chi connectivity index (χ1) is 15.6. The second kappa shape index (κ2) is 7.53. The first-order valence-electron chi connectivity index (χ1n) is 11.8. The summed E-state index contributed by atoms with van der Waals surface area (Å²) in [6.45, 7) is 5.40. The van der Waals surface area contributed by atoms with Gasteiger partial charge >= 0.3 is 0 Å². The number of nitrogens with one attached hydrogen (secondary N) is 1. The number of nitrogens with zero attached hydrogens (tertiary/aromatic N) is 1. The van der Waals surface area contributed by atoms with Crippen LogP contribution in [0.5, 0.6) is 5.75 Å². The smallest absolute Gasteiger partial charge is 0.115 e. The number of H-pyrrole nitrogens is 1. The molecule has 1 fully saturated rings. The lowest BCUT2D eigenvalue weighted by Gasteiger charge is -2.51. The van der Waals surface area contributed by atoms with E-state index in [0.717, 1.165) is 38.9 Å². The summed E-state index contributed by atoms with van der Waals surface area (Å²) in [6, 6.07) is 25.5. The SMILES string of the molecule is Cc1cccc2[nH]c3c(c12)CC1CN(Cc2ccccc2)CC[C@@]1(c1cccc(O)c1)C3. The van der Waals surface area contributed by atoms with E-state index in [0.29, 0.717) is 11.7 Å². The van der Waals surface area contributed by atoms with E-state index < -0.39 is 0 Å². The summed E-state index contributed by atoms with van der Waals surface area (Å²) >= 11 is 0. The minimum atomic E-state index is 0.0632. The largest absolute Gasteiger partial charge is 0.508 e. The van der Waals surface area contributed by atoms with Crippen molar-refractivity contribution < 1.29 is 5.11 Å². The van der Waals surface area contributed by atoms with E-state index in [4.69, 9.17) is 0 Å². The number of hydrogen-bond acceptors (Lipinski definition) is 2. The van der Waals surface area contributed by atoms with Crippen molar-refractivity contribution in [1.82, 2.24) is 9.88 Å². The monoisotopic (exact) mass is 422 g/mol. The van der Waals surface area contributed by atoms with E-state index in [1.54, 1.807) is 6.07 Å². The molecule has 2 aliphatic rings. The van der Waals surface area contributed by atoms with Crippen LogP contribution in [-0.4, -0.2) is 28.1 Å². The highest BCUT2D eigenvalue weighted by Gasteiger charge is 2.48. The van der Waals surface area contributed by atoms with Crippen LogP contribution in [-0.2, 0) is 24.8 Å². The van der Waals surface area contributed by atoms with E-state index in [1.807, 2.05) is 12.1 Å². The number of fused-ring (bicyclic) bond motifs is 4. The lowest BCUT2D eigenvalue weighted by Crippen LogP contribution is -2.53. The number of hydrogen-bond donors (Lipinski definition) is 2. The molecule has 0 amide bonds. The van der Waals surface area contributed by atoms with Gasteiger partial charge in [-0.05, 0) is 79.1 Å². The van der Waals surface area contributed by atoms with Crippen molar-refractivity contribution in [3.8, 4) is 5.75 Å². The molecule has 32 heavy (non-hydrogen) atoms. The molecule has 3 heteroatoms. The van der Waals surface area contributed by atoms with Crippen LogP contribution in [0.4, 0.5) is 0 Å². The maximum absolute atomic E-state index is 10.3. The fourth-order valence-electron chi connectivity index (χ4n) is 6.41. The maximum atomic E-state index is 10.3. The number of phenols is 1. The first kappa shape index (κ1) is 19.6. The Morgan fingerprint density at radius 2 is 1.88 bits per heavy atom. The predicted octanol–water partition coefficient (Wildman–Crippen LogP) is 5.74. The van der Waals surface area contributed by atoms with Gasteiger partial charge in [0.1, 0.15) is 5.75 Å². The van der Waals surface area contributed by atoms with E-state index in [2.05, 4.69) is 71.4 Å². The van der Waals surface area contributed by atoms with Crippen molar-refractivity contribution in [2.45, 2.75) is 38.1 Å². The molecular formula is C29H30N2O. The summed E-state index contributed by atoms with van der Waals surface area (Å²) in [5, 5.41) is 11.7. The zero-order valence-electron chi connectivity index (χ0n) is 18.6. The zero-order valence-corrected chi connectivity index (χ0v) is 18.6. The van der Waals surface area contributed by atoms with Gasteiger partial charge in [-0.15, -0.1) is 0 Å². The third kappa shape index (κ3) is 3.15. The minimum absolute atomic E-state index is 0.0632. The summed E-state index contributed by atoms with van der Waals surface area (Å²) in [6.07, 6.45) is 3.21. The van der Waals surface area contributed by atoms with Gasteiger partial charge in [-0.25, -0.2) is 0 Å². The van der Waals surface area contributed by atoms with Gasteiger partial charge in [0.2, 0.25) is 0 Å². The molecule has 3 aromatic carbocycles. The Bertz CT molecular complexity index is 1280. The Balaban J connectivity index is 1.42. The molecule has 0 saturated carbocycles. The van der Waals surface area contributed by atoms with Gasteiger partial charge in [0.15, 0.2) is 0 Å². The molecule has 1 aliphatic heterocycles. The van der Waals surface area contributed by atoms with Gasteiger partial charge < -0.3 is 10.1 Å². The number of likely N-dealkylation sites (tertiary alicyclic amines) is 1. The number of rotatable bonds is 3. The quantitative estimate of drug-likeness (QED) is 0.442. The topological polar surface area (TPSA) is 39.3 Å². The standard InChI is InChI=1S/C29H30N2O/c1-20-7-5-12-26-28(20)25-16-23-19-31(18-21-8-3-2-4-9-21)14-13-29(23,17-27(25)30-26)22-10-6-11-24(32)15-22/h2-12,15,23,30,32H,13-14,16-19H2,1H3/t23?,29-/m0/s1. The van der Waals surface area contributed by atoms with Crippen molar-refractivity contribution in [3.63, 3.8) is 0 Å². The Morgan fingerprint density at radius 1 is 1.03 bits per heavy atom. The normalized spacial score (nSPS) is 23.1. The zero-order chi connectivity index (χ0) is 21.7. The first-order valence-corrected chi connectivity index (χ1v) is 11.8. The molecule has 2 heterocycles. The number of aromatic nitrogens is 1. The molecule has 4 aromatic rings. The van der Waals surface area contributed by atoms with Crippen molar-refractivity contribution in [2.24, 2.45) is 5.92 Å². The van der Waals surface area contributed by atoms with Crippen LogP contribution in [0.3, 0.4) is 0 Å². The van der Waals surface area contributed by atoms with Crippen LogP contribution in [0.15, 0.2) is 72.8 Å². The van der Waals surface area contributed by atoms with Gasteiger partial charge in [-0.1, -0.05) is 54.6 Å². The molecule has 0 bridgehead atoms. The highest BCUT2D eigenvalue weighted by molar-refractivity contribution is 5.88. The molecule has 1 aliphatic carbocycles. The number of phenolic OH excluding ortho intramolecular Hbond substituents is 1. The molecule has 162 valence electrons. The molecular weight excluding hydrogens is 392 g/mol. The van der Waals surface area contributed by atoms with Gasteiger partial charge in [0, 0.05) is 35.1 Å². The molecule has 1 aromatic heterocycles. The molecule has 6 rings (SSSR count). The lowest BCUT2D eigenvalue weighted by molar-refractivity contribution is 0.0765. The van der Waals surface area contributed by atoms with Crippen molar-refractivity contribution in [1.29, 1.82) is 0 Å².